The van der Waals surface area contributed by atoms with Crippen molar-refractivity contribution < 1.29 is 4.39 Å². The third-order valence-electron chi connectivity index (χ3n) is 3.47. The summed E-state index contributed by atoms with van der Waals surface area (Å²) in [5.74, 6) is -0.261. The molecule has 2 heterocycles. The van der Waals surface area contributed by atoms with Crippen LogP contribution in [0.5, 0.6) is 0 Å². The first-order valence-electron chi connectivity index (χ1n) is 6.06. The summed E-state index contributed by atoms with van der Waals surface area (Å²) in [5.41, 5.74) is 1.60. The van der Waals surface area contributed by atoms with Gasteiger partial charge >= 0.3 is 0 Å². The van der Waals surface area contributed by atoms with E-state index in [-0.39, 0.29) is 5.82 Å². The molecule has 1 aliphatic rings. The van der Waals surface area contributed by atoms with Crippen LogP contribution in [0, 0.1) is 5.82 Å². The number of nitrogens with one attached hydrogen (secondary N) is 1. The zero-order chi connectivity index (χ0) is 14.3. The summed E-state index contributed by atoms with van der Waals surface area (Å²) in [4.78, 5) is 8.80. The van der Waals surface area contributed by atoms with E-state index < -0.39 is 5.54 Å². The normalized spacial score (nSPS) is 21.2. The molecule has 0 saturated carbocycles. The maximum Gasteiger partial charge on any atom is 0.128 e. The summed E-state index contributed by atoms with van der Waals surface area (Å²) in [6.45, 7) is 1.93. The molecule has 0 radical (unpaired) electrons. The van der Waals surface area contributed by atoms with Gasteiger partial charge in [0.05, 0.1) is 11.2 Å². The Morgan fingerprint density at radius 2 is 2.25 bits per heavy atom. The summed E-state index contributed by atoms with van der Waals surface area (Å²) >= 11 is 8.74. The number of nitrogens with zero attached hydrogens (tertiary/aromatic N) is 2. The van der Waals surface area contributed by atoms with E-state index in [1.54, 1.807) is 18.3 Å². The van der Waals surface area contributed by atoms with Crippen LogP contribution in [-0.2, 0) is 12.0 Å². The van der Waals surface area contributed by atoms with Crippen LogP contribution in [0.3, 0.4) is 0 Å². The van der Waals surface area contributed by atoms with Crippen LogP contribution in [0.4, 0.5) is 4.39 Å². The Bertz CT molecular complexity index is 707. The Labute approximate surface area is 129 Å². The predicted molar refractivity (Wildman–Crippen MR) is 82.0 cm³/mol. The number of hydrogen-bond donors (Lipinski definition) is 1. The Morgan fingerprint density at radius 1 is 1.45 bits per heavy atom. The van der Waals surface area contributed by atoms with Crippen molar-refractivity contribution in [2.45, 2.75) is 18.9 Å². The number of thiocarbonyl (C=S) groups is 1. The molecule has 0 fully saturated rings. The lowest BCUT2D eigenvalue weighted by Gasteiger charge is -2.37. The fraction of sp³-hybridized carbons (Fsp3) is 0.214. The van der Waals surface area contributed by atoms with Crippen molar-refractivity contribution in [2.75, 3.05) is 0 Å². The van der Waals surface area contributed by atoms with Crippen LogP contribution >= 0.6 is 28.1 Å². The molecule has 2 aromatic rings. The Morgan fingerprint density at radius 3 is 3.05 bits per heavy atom. The molecule has 1 aliphatic heterocycles. The minimum atomic E-state index is -0.619. The van der Waals surface area contributed by atoms with Gasteiger partial charge in [0, 0.05) is 28.2 Å². The largest absolute Gasteiger partial charge is 0.366 e. The van der Waals surface area contributed by atoms with Gasteiger partial charge < -0.3 is 5.32 Å². The molecule has 1 aromatic heterocycles. The maximum absolute atomic E-state index is 14.2. The second-order valence-corrected chi connectivity index (χ2v) is 6.29. The van der Waals surface area contributed by atoms with Crippen LogP contribution in [0.25, 0.3) is 0 Å². The fourth-order valence-corrected chi connectivity index (χ4v) is 3.22. The van der Waals surface area contributed by atoms with Crippen molar-refractivity contribution in [3.8, 4) is 0 Å². The molecule has 1 atom stereocenters. The number of hydrogen-bond acceptors (Lipinski definition) is 3. The third-order valence-corrected chi connectivity index (χ3v) is 4.29. The van der Waals surface area contributed by atoms with Gasteiger partial charge in [-0.1, -0.05) is 28.1 Å². The van der Waals surface area contributed by atoms with Crippen molar-refractivity contribution in [3.63, 3.8) is 0 Å². The van der Waals surface area contributed by atoms with Crippen molar-refractivity contribution in [1.82, 2.24) is 15.3 Å². The van der Waals surface area contributed by atoms with E-state index in [0.29, 0.717) is 17.0 Å². The lowest BCUT2D eigenvalue weighted by atomic mass is 9.83. The zero-order valence-corrected chi connectivity index (χ0v) is 13.1. The number of benzene rings is 1. The molecule has 0 spiro atoms. The smallest absolute Gasteiger partial charge is 0.128 e. The Hall–Kier alpha value is -1.40. The molecule has 0 bridgehead atoms. The van der Waals surface area contributed by atoms with E-state index in [4.69, 9.17) is 12.2 Å². The summed E-state index contributed by atoms with van der Waals surface area (Å²) in [6.07, 6.45) is 3.73. The Balaban J connectivity index is 2.11. The minimum absolute atomic E-state index is 0.261. The van der Waals surface area contributed by atoms with Gasteiger partial charge in [-0.3, -0.25) is 0 Å². The maximum atomic E-state index is 14.2. The highest BCUT2D eigenvalue weighted by Gasteiger charge is 2.36. The average molecular weight is 352 g/mol. The monoisotopic (exact) mass is 351 g/mol. The van der Waals surface area contributed by atoms with Crippen molar-refractivity contribution in [1.29, 1.82) is 0 Å². The lowest BCUT2D eigenvalue weighted by molar-refractivity contribution is 0.398. The Kier molecular flexibility index (Phi) is 3.30. The van der Waals surface area contributed by atoms with Gasteiger partial charge in [-0.15, -0.1) is 0 Å². The van der Waals surface area contributed by atoms with E-state index in [9.17, 15) is 4.39 Å². The quantitative estimate of drug-likeness (QED) is 0.801. The van der Waals surface area contributed by atoms with E-state index in [2.05, 4.69) is 31.2 Å². The molecule has 0 unspecified atom stereocenters. The molecule has 102 valence electrons. The molecule has 0 saturated heterocycles. The molecule has 1 N–H and O–H groups in total. The first-order valence-corrected chi connectivity index (χ1v) is 7.27. The molecular formula is C14H11BrFN3S. The average Bonchev–Trinajstić information content (AvgIpc) is 2.41. The van der Waals surface area contributed by atoms with E-state index >= 15 is 0 Å². The van der Waals surface area contributed by atoms with Gasteiger partial charge in [-0.25, -0.2) is 14.4 Å². The van der Waals surface area contributed by atoms with Gasteiger partial charge in [-0.05, 0) is 25.1 Å². The standard InChI is InChI=1S/C14H11BrFN3S/c1-14(10-4-8(15)2-3-11(10)16)5-12-9(13(20)19-14)6-17-7-18-12/h2-4,6-7H,5H2,1H3,(H,19,20)/t14-/m0/s1. The third kappa shape index (κ3) is 2.23. The SMILES string of the molecule is C[C@@]1(c2cc(Br)ccc2F)Cc2ncncc2C(=S)N1. The number of fused-ring (bicyclic) bond motifs is 1. The number of rotatable bonds is 1. The zero-order valence-electron chi connectivity index (χ0n) is 10.7. The van der Waals surface area contributed by atoms with Gasteiger partial charge in [0.25, 0.3) is 0 Å². The van der Waals surface area contributed by atoms with Crippen molar-refractivity contribution in [3.05, 3.63) is 57.8 Å². The number of aromatic nitrogens is 2. The summed E-state index contributed by atoms with van der Waals surface area (Å²) in [7, 11) is 0. The van der Waals surface area contributed by atoms with Crippen LogP contribution < -0.4 is 5.32 Å². The van der Waals surface area contributed by atoms with E-state index in [0.717, 1.165) is 15.7 Å². The highest BCUT2D eigenvalue weighted by molar-refractivity contribution is 9.10. The number of halogens is 2. The molecule has 20 heavy (non-hydrogen) atoms. The summed E-state index contributed by atoms with van der Waals surface area (Å²) in [5, 5.41) is 3.22. The van der Waals surface area contributed by atoms with Crippen LogP contribution in [-0.4, -0.2) is 15.0 Å². The molecule has 0 amide bonds. The highest BCUT2D eigenvalue weighted by Crippen LogP contribution is 2.33. The molecule has 6 heteroatoms. The van der Waals surface area contributed by atoms with Gasteiger partial charge in [0.2, 0.25) is 0 Å². The molecule has 1 aromatic carbocycles. The first kappa shape index (κ1) is 13.6. The van der Waals surface area contributed by atoms with E-state index in [1.165, 1.54) is 12.4 Å². The van der Waals surface area contributed by atoms with Crippen LogP contribution in [0.15, 0.2) is 35.2 Å². The predicted octanol–water partition coefficient (Wildman–Crippen LogP) is 3.11. The van der Waals surface area contributed by atoms with Crippen LogP contribution in [0.1, 0.15) is 23.7 Å². The fourth-order valence-electron chi connectivity index (χ4n) is 2.47. The summed E-state index contributed by atoms with van der Waals surface area (Å²) < 4.78 is 15.0. The second-order valence-electron chi connectivity index (χ2n) is 4.97. The van der Waals surface area contributed by atoms with Gasteiger partial charge in [-0.2, -0.15) is 0 Å². The van der Waals surface area contributed by atoms with Crippen LogP contribution in [0.2, 0.25) is 0 Å². The van der Waals surface area contributed by atoms with Crippen molar-refractivity contribution >= 4 is 33.1 Å². The van der Waals surface area contributed by atoms with Gasteiger partial charge in [0.1, 0.15) is 17.1 Å². The molecule has 0 aliphatic carbocycles. The van der Waals surface area contributed by atoms with Gasteiger partial charge in [0.15, 0.2) is 0 Å². The molecule has 3 rings (SSSR count). The lowest BCUT2D eigenvalue weighted by Crippen LogP contribution is -2.49. The van der Waals surface area contributed by atoms with Crippen molar-refractivity contribution in [2.24, 2.45) is 0 Å². The second kappa shape index (κ2) is 4.86. The molecule has 3 nitrogen and oxygen atoms in total. The van der Waals surface area contributed by atoms with E-state index in [1.807, 2.05) is 6.92 Å². The first-order chi connectivity index (χ1) is 9.49. The topological polar surface area (TPSA) is 37.8 Å². The minimum Gasteiger partial charge on any atom is -0.366 e. The molecular weight excluding hydrogens is 341 g/mol. The highest BCUT2D eigenvalue weighted by atomic mass is 79.9. The summed E-state index contributed by atoms with van der Waals surface area (Å²) in [6, 6.07) is 4.90.